The van der Waals surface area contributed by atoms with Crippen LogP contribution in [0.5, 0.6) is 0 Å². The summed E-state index contributed by atoms with van der Waals surface area (Å²) in [6.45, 7) is 0. The van der Waals surface area contributed by atoms with Crippen LogP contribution in [0.15, 0.2) is 47.4 Å². The van der Waals surface area contributed by atoms with Crippen molar-refractivity contribution in [1.82, 2.24) is 19.9 Å². The lowest BCUT2D eigenvalue weighted by Gasteiger charge is -1.88. The molecule has 3 aromatic rings. The van der Waals surface area contributed by atoms with Gasteiger partial charge in [0.1, 0.15) is 5.40 Å². The standard InChI is InChI=1S/C21H13N5S/c22-12-27-21-11-19-9-17-4-3-15(24-17)7-13-1-2-14(23-13)8-16-5-6-18(25-16)10-20(21)26-19/h1-11,24,26H. The van der Waals surface area contributed by atoms with Crippen LogP contribution in [0.4, 0.5) is 0 Å². The van der Waals surface area contributed by atoms with Crippen LogP contribution in [0, 0.1) is 10.7 Å². The van der Waals surface area contributed by atoms with Gasteiger partial charge in [-0.15, -0.1) is 0 Å². The second-order valence-electron chi connectivity index (χ2n) is 6.23. The molecule has 0 fully saturated rings. The van der Waals surface area contributed by atoms with Crippen molar-refractivity contribution in [2.45, 2.75) is 4.90 Å². The number of fused-ring (bicyclic) bond motifs is 8. The first-order valence-corrected chi connectivity index (χ1v) is 9.21. The van der Waals surface area contributed by atoms with Crippen LogP contribution < -0.4 is 0 Å². The Bertz CT molecular complexity index is 1320. The molecule has 0 radical (unpaired) electrons. The molecule has 2 aliphatic rings. The highest BCUT2D eigenvalue weighted by Crippen LogP contribution is 2.26. The van der Waals surface area contributed by atoms with Crippen molar-refractivity contribution in [1.29, 1.82) is 5.26 Å². The maximum atomic E-state index is 9.11. The van der Waals surface area contributed by atoms with Gasteiger partial charge in [0, 0.05) is 21.4 Å². The SMILES string of the molecule is N#CSc1cc2cc3ccc(cc4nc(cc5nc(cc1[nH]2)C=C5)C=C4)[nH]3. The summed E-state index contributed by atoms with van der Waals surface area (Å²) in [5, 5.41) is 11.3. The Morgan fingerprint density at radius 2 is 1.33 bits per heavy atom. The van der Waals surface area contributed by atoms with Gasteiger partial charge in [-0.1, -0.05) is 0 Å². The fourth-order valence-corrected chi connectivity index (χ4v) is 3.63. The first-order chi connectivity index (χ1) is 13.2. The zero-order chi connectivity index (χ0) is 18.2. The molecule has 2 N–H and O–H groups in total. The number of nitriles is 1. The van der Waals surface area contributed by atoms with Crippen LogP contribution >= 0.6 is 11.8 Å². The molecule has 8 bridgehead atoms. The van der Waals surface area contributed by atoms with Crippen LogP contribution in [-0.4, -0.2) is 19.9 Å². The van der Waals surface area contributed by atoms with E-state index < -0.39 is 0 Å². The summed E-state index contributed by atoms with van der Waals surface area (Å²) in [5.41, 5.74) is 7.21. The summed E-state index contributed by atoms with van der Waals surface area (Å²) in [6, 6.07) is 14.0. The predicted octanol–water partition coefficient (Wildman–Crippen LogP) is 5.23. The van der Waals surface area contributed by atoms with E-state index >= 15 is 0 Å². The molecule has 5 heterocycles. The molecule has 5 nitrogen and oxygen atoms in total. The van der Waals surface area contributed by atoms with Gasteiger partial charge in [-0.25, -0.2) is 9.97 Å². The van der Waals surface area contributed by atoms with E-state index in [9.17, 15) is 0 Å². The molecule has 128 valence electrons. The van der Waals surface area contributed by atoms with Gasteiger partial charge in [0.15, 0.2) is 0 Å². The van der Waals surface area contributed by atoms with E-state index in [0.717, 1.165) is 61.5 Å². The Labute approximate surface area is 159 Å². The van der Waals surface area contributed by atoms with Crippen LogP contribution in [-0.2, 0) is 0 Å². The third-order valence-corrected chi connectivity index (χ3v) is 4.94. The van der Waals surface area contributed by atoms with Gasteiger partial charge in [-0.2, -0.15) is 5.26 Å². The van der Waals surface area contributed by atoms with Gasteiger partial charge in [0.2, 0.25) is 0 Å². The number of aromatic amines is 2. The minimum atomic E-state index is 0.835. The lowest BCUT2D eigenvalue weighted by molar-refractivity contribution is 1.27. The third kappa shape index (κ3) is 3.16. The van der Waals surface area contributed by atoms with E-state index in [-0.39, 0.29) is 0 Å². The van der Waals surface area contributed by atoms with Crippen molar-refractivity contribution in [3.8, 4) is 5.40 Å². The van der Waals surface area contributed by atoms with E-state index in [1.165, 1.54) is 0 Å². The second-order valence-corrected chi connectivity index (χ2v) is 7.06. The number of thiocyanates is 1. The summed E-state index contributed by atoms with van der Waals surface area (Å²) in [5.74, 6) is 0. The predicted molar refractivity (Wildman–Crippen MR) is 110 cm³/mol. The van der Waals surface area contributed by atoms with Crippen molar-refractivity contribution in [2.75, 3.05) is 0 Å². The van der Waals surface area contributed by atoms with E-state index in [0.29, 0.717) is 0 Å². The highest BCUT2D eigenvalue weighted by Gasteiger charge is 2.05. The summed E-state index contributed by atoms with van der Waals surface area (Å²) in [7, 11) is 0. The van der Waals surface area contributed by atoms with E-state index in [4.69, 9.17) is 5.26 Å². The van der Waals surface area contributed by atoms with Gasteiger partial charge >= 0.3 is 0 Å². The number of aromatic nitrogens is 4. The van der Waals surface area contributed by atoms with Gasteiger partial charge < -0.3 is 9.97 Å². The molecule has 0 saturated carbocycles. The number of rotatable bonds is 1. The molecule has 0 aromatic carbocycles. The smallest absolute Gasteiger partial charge is 0.138 e. The minimum absolute atomic E-state index is 0.835. The Hall–Kier alpha value is -3.56. The molecule has 27 heavy (non-hydrogen) atoms. The Morgan fingerprint density at radius 3 is 2.04 bits per heavy atom. The first-order valence-electron chi connectivity index (χ1n) is 8.40. The van der Waals surface area contributed by atoms with Crippen LogP contribution in [0.3, 0.4) is 0 Å². The molecule has 2 aliphatic heterocycles. The minimum Gasteiger partial charge on any atom is -0.355 e. The molecule has 6 heteroatoms. The average molecular weight is 367 g/mol. The van der Waals surface area contributed by atoms with Crippen LogP contribution in [0.2, 0.25) is 0 Å². The fourth-order valence-electron chi connectivity index (χ4n) is 3.13. The van der Waals surface area contributed by atoms with Gasteiger partial charge in [0.05, 0.1) is 28.3 Å². The second kappa shape index (κ2) is 6.31. The summed E-state index contributed by atoms with van der Waals surface area (Å²) in [4.78, 5) is 16.9. The molecule has 5 rings (SSSR count). The molecule has 0 amide bonds. The molecule has 0 unspecified atom stereocenters. The Balaban J connectivity index is 1.85. The summed E-state index contributed by atoms with van der Waals surface area (Å²) < 4.78 is 0. The zero-order valence-corrected chi connectivity index (χ0v) is 14.9. The van der Waals surface area contributed by atoms with Crippen molar-refractivity contribution < 1.29 is 0 Å². The van der Waals surface area contributed by atoms with Crippen molar-refractivity contribution in [3.05, 3.63) is 65.2 Å². The van der Waals surface area contributed by atoms with Crippen molar-refractivity contribution in [2.24, 2.45) is 0 Å². The van der Waals surface area contributed by atoms with Crippen molar-refractivity contribution in [3.63, 3.8) is 0 Å². The molecule has 0 atom stereocenters. The topological polar surface area (TPSA) is 81.2 Å². The third-order valence-electron chi connectivity index (χ3n) is 4.29. The number of nitrogens with zero attached hydrogens (tertiary/aromatic N) is 3. The lowest BCUT2D eigenvalue weighted by atomic mass is 10.3. The maximum Gasteiger partial charge on any atom is 0.138 e. The monoisotopic (exact) mass is 367 g/mol. The first kappa shape index (κ1) is 15.7. The van der Waals surface area contributed by atoms with E-state index in [1.807, 2.05) is 66.8 Å². The quantitative estimate of drug-likeness (QED) is 0.314. The summed E-state index contributed by atoms with van der Waals surface area (Å²) >= 11 is 1.14. The van der Waals surface area contributed by atoms with Crippen molar-refractivity contribution >= 4 is 58.1 Å². The normalized spacial score (nSPS) is 12.3. The number of hydrogen-bond acceptors (Lipinski definition) is 4. The van der Waals surface area contributed by atoms with E-state index in [1.54, 1.807) is 0 Å². The molecule has 0 aliphatic carbocycles. The van der Waals surface area contributed by atoms with Gasteiger partial charge in [-0.05, 0) is 78.5 Å². The molecular formula is C21H13N5S. The van der Waals surface area contributed by atoms with Gasteiger partial charge in [-0.3, -0.25) is 0 Å². The van der Waals surface area contributed by atoms with Crippen LogP contribution in [0.25, 0.3) is 46.4 Å². The molecule has 3 aromatic heterocycles. The number of thioether (sulfide) groups is 1. The van der Waals surface area contributed by atoms with Crippen LogP contribution in [0.1, 0.15) is 22.8 Å². The molecule has 0 saturated heterocycles. The average Bonchev–Trinajstić information content (AvgIpc) is 3.41. The molecular weight excluding hydrogens is 354 g/mol. The number of H-pyrrole nitrogens is 2. The number of hydrogen-bond donors (Lipinski definition) is 2. The van der Waals surface area contributed by atoms with E-state index in [2.05, 4.69) is 25.3 Å². The summed E-state index contributed by atoms with van der Waals surface area (Å²) in [6.07, 6.45) is 7.90. The van der Waals surface area contributed by atoms with Gasteiger partial charge in [0.25, 0.3) is 0 Å². The Morgan fingerprint density at radius 1 is 0.704 bits per heavy atom. The Kier molecular flexibility index (Phi) is 3.66. The lowest BCUT2D eigenvalue weighted by Crippen LogP contribution is -1.77. The number of nitrogens with one attached hydrogen (secondary N) is 2. The largest absolute Gasteiger partial charge is 0.355 e. The molecule has 0 spiro atoms. The highest BCUT2D eigenvalue weighted by atomic mass is 32.2. The highest BCUT2D eigenvalue weighted by molar-refractivity contribution is 8.04. The maximum absolute atomic E-state index is 9.11. The zero-order valence-electron chi connectivity index (χ0n) is 14.1. The fraction of sp³-hybridized carbons (Fsp3) is 0.